The molecule has 0 spiro atoms. The molecule has 0 fully saturated rings. The number of furan rings is 1. The lowest BCUT2D eigenvalue weighted by atomic mass is 10.3. The van der Waals surface area contributed by atoms with Gasteiger partial charge in [0.1, 0.15) is 18.0 Å². The number of halogens is 1. The first-order chi connectivity index (χ1) is 12.0. The Morgan fingerprint density at radius 1 is 1.32 bits per heavy atom. The third kappa shape index (κ3) is 4.15. The van der Waals surface area contributed by atoms with Crippen LogP contribution in [0.1, 0.15) is 16.2 Å². The Balaban J connectivity index is 1.66. The van der Waals surface area contributed by atoms with Gasteiger partial charge in [0.2, 0.25) is 5.91 Å². The number of hydrogen-bond donors (Lipinski definition) is 2. The lowest BCUT2D eigenvalue weighted by molar-refractivity contribution is -0.116. The zero-order chi connectivity index (χ0) is 17.8. The number of aryl methyl sites for hydroxylation is 1. The molecule has 0 radical (unpaired) electrons. The van der Waals surface area contributed by atoms with Crippen molar-refractivity contribution in [1.82, 2.24) is 24.9 Å². The zero-order valence-corrected chi connectivity index (χ0v) is 14.9. The molecule has 10 heteroatoms. The minimum atomic E-state index is -0.367. The van der Waals surface area contributed by atoms with Gasteiger partial charge < -0.3 is 15.1 Å². The van der Waals surface area contributed by atoms with Gasteiger partial charge in [-0.3, -0.25) is 19.0 Å². The van der Waals surface area contributed by atoms with E-state index in [9.17, 15) is 9.59 Å². The third-order valence-electron chi connectivity index (χ3n) is 3.34. The van der Waals surface area contributed by atoms with Gasteiger partial charge in [-0.1, -0.05) is 0 Å². The Morgan fingerprint density at radius 2 is 2.16 bits per heavy atom. The molecule has 0 aliphatic rings. The monoisotopic (exact) mass is 406 g/mol. The van der Waals surface area contributed by atoms with Crippen molar-refractivity contribution in [3.63, 3.8) is 0 Å². The maximum Gasteiger partial charge on any atom is 0.272 e. The standard InChI is InChI=1S/C15H15BrN6O3/c1-21-14(15(24)17-6-11-3-2-4-25-11)12(7-18-21)20-13(23)9-22-8-10(16)5-19-22/h2-5,7-8H,6,9H2,1H3,(H,17,24)(H,20,23). The molecule has 0 aliphatic carbocycles. The molecule has 0 saturated heterocycles. The number of aromatic nitrogens is 4. The number of anilines is 1. The quantitative estimate of drug-likeness (QED) is 0.645. The summed E-state index contributed by atoms with van der Waals surface area (Å²) in [5.41, 5.74) is 0.581. The second-order valence-corrected chi connectivity index (χ2v) is 6.11. The van der Waals surface area contributed by atoms with Crippen LogP contribution in [0.25, 0.3) is 0 Å². The second-order valence-electron chi connectivity index (χ2n) is 5.20. The number of nitrogens with zero attached hydrogens (tertiary/aromatic N) is 4. The first-order valence-corrected chi connectivity index (χ1v) is 8.12. The molecule has 3 heterocycles. The fourth-order valence-corrected chi connectivity index (χ4v) is 2.55. The van der Waals surface area contributed by atoms with Gasteiger partial charge in [-0.05, 0) is 28.1 Å². The molecule has 9 nitrogen and oxygen atoms in total. The molecular weight excluding hydrogens is 392 g/mol. The minimum Gasteiger partial charge on any atom is -0.467 e. The Bertz CT molecular complexity index is 883. The summed E-state index contributed by atoms with van der Waals surface area (Å²) < 4.78 is 8.83. The van der Waals surface area contributed by atoms with Crippen LogP contribution in [0, 0.1) is 0 Å². The predicted octanol–water partition coefficient (Wildman–Crippen LogP) is 1.54. The molecule has 0 aliphatic heterocycles. The van der Waals surface area contributed by atoms with E-state index in [1.54, 1.807) is 31.6 Å². The van der Waals surface area contributed by atoms with E-state index in [-0.39, 0.29) is 30.6 Å². The largest absolute Gasteiger partial charge is 0.467 e. The average Bonchev–Trinajstić information content (AvgIpc) is 3.28. The Morgan fingerprint density at radius 3 is 2.84 bits per heavy atom. The van der Waals surface area contributed by atoms with Crippen molar-refractivity contribution in [2.24, 2.45) is 7.05 Å². The first-order valence-electron chi connectivity index (χ1n) is 7.33. The summed E-state index contributed by atoms with van der Waals surface area (Å²) in [4.78, 5) is 24.5. The van der Waals surface area contributed by atoms with Crippen molar-refractivity contribution in [2.75, 3.05) is 5.32 Å². The summed E-state index contributed by atoms with van der Waals surface area (Å²) in [5.74, 6) is -0.0532. The highest BCUT2D eigenvalue weighted by molar-refractivity contribution is 9.10. The number of nitrogens with one attached hydrogen (secondary N) is 2. The molecule has 2 N–H and O–H groups in total. The number of carbonyl (C=O) groups excluding carboxylic acids is 2. The van der Waals surface area contributed by atoms with Crippen LogP contribution in [0.4, 0.5) is 5.69 Å². The van der Waals surface area contributed by atoms with Crippen molar-refractivity contribution in [1.29, 1.82) is 0 Å². The van der Waals surface area contributed by atoms with Crippen molar-refractivity contribution >= 4 is 33.4 Å². The lowest BCUT2D eigenvalue weighted by Crippen LogP contribution is -2.27. The van der Waals surface area contributed by atoms with E-state index in [4.69, 9.17) is 4.42 Å². The lowest BCUT2D eigenvalue weighted by Gasteiger charge is -2.08. The van der Waals surface area contributed by atoms with Gasteiger partial charge in [0.05, 0.1) is 35.4 Å². The van der Waals surface area contributed by atoms with E-state index in [2.05, 4.69) is 36.8 Å². The van der Waals surface area contributed by atoms with Crippen molar-refractivity contribution in [3.8, 4) is 0 Å². The predicted molar refractivity (Wildman–Crippen MR) is 91.6 cm³/mol. The van der Waals surface area contributed by atoms with E-state index >= 15 is 0 Å². The van der Waals surface area contributed by atoms with Crippen molar-refractivity contribution in [3.05, 3.63) is 52.9 Å². The highest BCUT2D eigenvalue weighted by Gasteiger charge is 2.19. The molecule has 130 valence electrons. The molecule has 3 rings (SSSR count). The highest BCUT2D eigenvalue weighted by Crippen LogP contribution is 2.15. The van der Waals surface area contributed by atoms with Crippen LogP contribution >= 0.6 is 15.9 Å². The maximum absolute atomic E-state index is 12.4. The average molecular weight is 407 g/mol. The molecule has 3 aromatic rings. The molecular formula is C15H15BrN6O3. The molecule has 0 unspecified atom stereocenters. The zero-order valence-electron chi connectivity index (χ0n) is 13.3. The van der Waals surface area contributed by atoms with Gasteiger partial charge >= 0.3 is 0 Å². The smallest absolute Gasteiger partial charge is 0.272 e. The summed E-state index contributed by atoms with van der Waals surface area (Å²) in [6.45, 7) is 0.264. The van der Waals surface area contributed by atoms with Crippen LogP contribution in [0.5, 0.6) is 0 Å². The van der Waals surface area contributed by atoms with Gasteiger partial charge in [-0.2, -0.15) is 10.2 Å². The molecule has 0 aromatic carbocycles. The topological polar surface area (TPSA) is 107 Å². The molecule has 3 aromatic heterocycles. The van der Waals surface area contributed by atoms with Gasteiger partial charge in [0.15, 0.2) is 0 Å². The highest BCUT2D eigenvalue weighted by atomic mass is 79.9. The van der Waals surface area contributed by atoms with Crippen LogP contribution in [-0.2, 0) is 24.9 Å². The Kier molecular flexibility index (Phi) is 4.98. The van der Waals surface area contributed by atoms with Gasteiger partial charge in [-0.15, -0.1) is 0 Å². The third-order valence-corrected chi connectivity index (χ3v) is 3.75. The molecule has 0 saturated carbocycles. The van der Waals surface area contributed by atoms with E-state index in [1.165, 1.54) is 21.8 Å². The fourth-order valence-electron chi connectivity index (χ4n) is 2.22. The minimum absolute atomic E-state index is 0.0218. The summed E-state index contributed by atoms with van der Waals surface area (Å²) in [6.07, 6.45) is 6.23. The summed E-state index contributed by atoms with van der Waals surface area (Å²) in [5, 5.41) is 13.5. The van der Waals surface area contributed by atoms with Crippen LogP contribution in [0.3, 0.4) is 0 Å². The van der Waals surface area contributed by atoms with E-state index in [1.807, 2.05) is 0 Å². The molecule has 0 bridgehead atoms. The van der Waals surface area contributed by atoms with Crippen molar-refractivity contribution < 1.29 is 14.0 Å². The first kappa shape index (κ1) is 17.0. The van der Waals surface area contributed by atoms with E-state index in [0.29, 0.717) is 11.4 Å². The number of carbonyl (C=O) groups is 2. The van der Waals surface area contributed by atoms with Crippen molar-refractivity contribution in [2.45, 2.75) is 13.1 Å². The maximum atomic E-state index is 12.4. The fraction of sp³-hybridized carbons (Fsp3) is 0.200. The second kappa shape index (κ2) is 7.34. The van der Waals surface area contributed by atoms with Crippen LogP contribution < -0.4 is 10.6 Å². The van der Waals surface area contributed by atoms with Gasteiger partial charge in [-0.25, -0.2) is 0 Å². The van der Waals surface area contributed by atoms with Gasteiger partial charge in [0.25, 0.3) is 5.91 Å². The Labute approximate surface area is 151 Å². The summed E-state index contributed by atoms with van der Waals surface area (Å²) in [7, 11) is 1.63. The number of rotatable bonds is 6. The van der Waals surface area contributed by atoms with Gasteiger partial charge in [0, 0.05) is 13.2 Å². The summed E-state index contributed by atoms with van der Waals surface area (Å²) in [6, 6.07) is 3.50. The van der Waals surface area contributed by atoms with Crippen LogP contribution in [0.2, 0.25) is 0 Å². The number of amides is 2. The van der Waals surface area contributed by atoms with E-state index in [0.717, 1.165) is 4.47 Å². The van der Waals surface area contributed by atoms with Crippen LogP contribution in [-0.4, -0.2) is 31.4 Å². The van der Waals surface area contributed by atoms with Crippen LogP contribution in [0.15, 0.2) is 45.9 Å². The molecule has 0 atom stereocenters. The Hall–Kier alpha value is -2.88. The van der Waals surface area contributed by atoms with E-state index < -0.39 is 0 Å². The SMILES string of the molecule is Cn1ncc(NC(=O)Cn2cc(Br)cn2)c1C(=O)NCc1ccco1. The summed E-state index contributed by atoms with van der Waals surface area (Å²) >= 11 is 3.27. The molecule has 25 heavy (non-hydrogen) atoms. The normalized spacial score (nSPS) is 10.6. The number of hydrogen-bond acceptors (Lipinski definition) is 5. The molecule has 2 amide bonds.